The van der Waals surface area contributed by atoms with Crippen LogP contribution in [0.2, 0.25) is 0 Å². The number of halogens is 1. The summed E-state index contributed by atoms with van der Waals surface area (Å²) in [5.74, 6) is -1.13. The molecule has 1 amide bonds. The molecule has 1 aromatic carbocycles. The number of hydrogen-bond donors (Lipinski definition) is 2. The van der Waals surface area contributed by atoms with Crippen LogP contribution in [0.15, 0.2) is 18.2 Å². The first kappa shape index (κ1) is 12.4. The third-order valence-corrected chi connectivity index (χ3v) is 2.80. The van der Waals surface area contributed by atoms with Crippen molar-refractivity contribution < 1.29 is 14.1 Å². The smallest absolute Gasteiger partial charge is 0.272 e. The molecule has 0 aliphatic carbocycles. The van der Waals surface area contributed by atoms with Gasteiger partial charge in [-0.3, -0.25) is 14.9 Å². The van der Waals surface area contributed by atoms with Crippen molar-refractivity contribution in [1.82, 2.24) is 5.32 Å². The van der Waals surface area contributed by atoms with E-state index < -0.39 is 10.7 Å². The maximum Gasteiger partial charge on any atom is 0.272 e. The Morgan fingerprint density at radius 2 is 2.33 bits per heavy atom. The minimum Gasteiger partial charge on any atom is -0.322 e. The van der Waals surface area contributed by atoms with Crippen molar-refractivity contribution in [1.29, 1.82) is 0 Å². The molecule has 2 N–H and O–H groups in total. The third kappa shape index (κ3) is 2.62. The summed E-state index contributed by atoms with van der Waals surface area (Å²) in [6, 6.07) is 2.82. The van der Waals surface area contributed by atoms with Crippen LogP contribution in [-0.2, 0) is 4.79 Å². The van der Waals surface area contributed by atoms with Crippen LogP contribution in [0.5, 0.6) is 0 Å². The minimum absolute atomic E-state index is 0.0423. The van der Waals surface area contributed by atoms with Gasteiger partial charge in [0.15, 0.2) is 5.82 Å². The normalized spacial score (nSPS) is 18.6. The van der Waals surface area contributed by atoms with Crippen molar-refractivity contribution in [3.63, 3.8) is 0 Å². The summed E-state index contributed by atoms with van der Waals surface area (Å²) >= 11 is 0. The monoisotopic (exact) mass is 253 g/mol. The number of anilines is 1. The molecule has 1 fully saturated rings. The second-order valence-corrected chi connectivity index (χ2v) is 4.06. The van der Waals surface area contributed by atoms with Gasteiger partial charge >= 0.3 is 0 Å². The zero-order valence-electron chi connectivity index (χ0n) is 9.48. The summed E-state index contributed by atoms with van der Waals surface area (Å²) in [6.45, 7) is 0.765. The first-order valence-electron chi connectivity index (χ1n) is 5.56. The van der Waals surface area contributed by atoms with E-state index in [1.54, 1.807) is 0 Å². The molecule has 1 aliphatic heterocycles. The highest BCUT2D eigenvalue weighted by atomic mass is 19.1. The fourth-order valence-corrected chi connectivity index (χ4v) is 1.85. The molecule has 0 saturated carbocycles. The highest BCUT2D eigenvalue weighted by Crippen LogP contribution is 2.21. The first-order chi connectivity index (χ1) is 8.58. The maximum atomic E-state index is 13.5. The van der Waals surface area contributed by atoms with E-state index in [9.17, 15) is 19.3 Å². The van der Waals surface area contributed by atoms with Gasteiger partial charge in [-0.1, -0.05) is 0 Å². The van der Waals surface area contributed by atoms with Gasteiger partial charge in [-0.25, -0.2) is 4.39 Å². The van der Waals surface area contributed by atoms with E-state index in [1.807, 2.05) is 0 Å². The number of nitrogens with one attached hydrogen (secondary N) is 2. The van der Waals surface area contributed by atoms with E-state index in [2.05, 4.69) is 10.6 Å². The molecule has 96 valence electrons. The Bertz CT molecular complexity index is 486. The molecular weight excluding hydrogens is 241 g/mol. The van der Waals surface area contributed by atoms with Crippen molar-refractivity contribution in [3.8, 4) is 0 Å². The Kier molecular flexibility index (Phi) is 3.52. The lowest BCUT2D eigenvalue weighted by atomic mass is 10.2. The van der Waals surface area contributed by atoms with Gasteiger partial charge in [0.25, 0.3) is 5.69 Å². The predicted molar refractivity (Wildman–Crippen MR) is 62.7 cm³/mol. The number of non-ortho nitro benzene ring substituents is 1. The first-order valence-corrected chi connectivity index (χ1v) is 5.56. The van der Waals surface area contributed by atoms with Gasteiger partial charge in [0, 0.05) is 6.07 Å². The number of carbonyl (C=O) groups is 1. The highest BCUT2D eigenvalue weighted by Gasteiger charge is 2.23. The standard InChI is InChI=1S/C11H12FN3O3/c12-8-6-7(15(17)18)3-4-9(8)14-11(16)10-2-1-5-13-10/h3-4,6,10,13H,1-2,5H2,(H,14,16)/t10-/m1/s1. The Morgan fingerprint density at radius 3 is 2.89 bits per heavy atom. The molecule has 1 heterocycles. The lowest BCUT2D eigenvalue weighted by Gasteiger charge is -2.11. The van der Waals surface area contributed by atoms with E-state index in [0.29, 0.717) is 6.42 Å². The molecule has 0 spiro atoms. The van der Waals surface area contributed by atoms with Crippen LogP contribution in [-0.4, -0.2) is 23.4 Å². The molecule has 0 aromatic heterocycles. The molecule has 1 atom stereocenters. The second kappa shape index (κ2) is 5.09. The number of nitro groups is 1. The summed E-state index contributed by atoms with van der Waals surface area (Å²) < 4.78 is 13.5. The largest absolute Gasteiger partial charge is 0.322 e. The van der Waals surface area contributed by atoms with Crippen molar-refractivity contribution in [2.24, 2.45) is 0 Å². The predicted octanol–water partition coefficient (Wildman–Crippen LogP) is 1.42. The van der Waals surface area contributed by atoms with Crippen molar-refractivity contribution in [3.05, 3.63) is 34.1 Å². The third-order valence-electron chi connectivity index (χ3n) is 2.80. The Balaban J connectivity index is 2.09. The van der Waals surface area contributed by atoms with Crippen LogP contribution in [0.1, 0.15) is 12.8 Å². The van der Waals surface area contributed by atoms with Gasteiger partial charge in [0.2, 0.25) is 5.91 Å². The van der Waals surface area contributed by atoms with Gasteiger partial charge < -0.3 is 10.6 Å². The lowest BCUT2D eigenvalue weighted by molar-refractivity contribution is -0.385. The van der Waals surface area contributed by atoms with E-state index in [4.69, 9.17) is 0 Å². The molecule has 0 bridgehead atoms. The molecule has 0 unspecified atom stereocenters. The molecule has 1 saturated heterocycles. The number of benzene rings is 1. The number of rotatable bonds is 3. The minimum atomic E-state index is -0.810. The SMILES string of the molecule is O=C(Nc1ccc([N+](=O)[O-])cc1F)[C@H]1CCCN1. The lowest BCUT2D eigenvalue weighted by Crippen LogP contribution is -2.35. The van der Waals surface area contributed by atoms with Crippen molar-refractivity contribution in [2.75, 3.05) is 11.9 Å². The zero-order chi connectivity index (χ0) is 13.1. The summed E-state index contributed by atoms with van der Waals surface area (Å²) in [5, 5.41) is 15.8. The van der Waals surface area contributed by atoms with Gasteiger partial charge in [0.1, 0.15) is 0 Å². The maximum absolute atomic E-state index is 13.5. The summed E-state index contributed by atoms with van der Waals surface area (Å²) in [5.41, 5.74) is -0.385. The average molecular weight is 253 g/mol. The van der Waals surface area contributed by atoms with E-state index in [-0.39, 0.29) is 23.3 Å². The Morgan fingerprint density at radius 1 is 1.56 bits per heavy atom. The molecule has 2 rings (SSSR count). The quantitative estimate of drug-likeness (QED) is 0.630. The zero-order valence-corrected chi connectivity index (χ0v) is 9.48. The van der Waals surface area contributed by atoms with Crippen LogP contribution in [0.4, 0.5) is 15.8 Å². The molecule has 0 radical (unpaired) electrons. The molecule has 7 heteroatoms. The number of nitro benzene ring substituents is 1. The van der Waals surface area contributed by atoms with Crippen molar-refractivity contribution in [2.45, 2.75) is 18.9 Å². The van der Waals surface area contributed by atoms with Gasteiger partial charge in [-0.15, -0.1) is 0 Å². The van der Waals surface area contributed by atoms with Crippen LogP contribution in [0, 0.1) is 15.9 Å². The molecule has 1 aromatic rings. The molecule has 18 heavy (non-hydrogen) atoms. The fourth-order valence-electron chi connectivity index (χ4n) is 1.85. The van der Waals surface area contributed by atoms with Crippen LogP contribution in [0.25, 0.3) is 0 Å². The summed E-state index contributed by atoms with van der Waals surface area (Å²) in [7, 11) is 0. The molecule has 6 nitrogen and oxygen atoms in total. The van der Waals surface area contributed by atoms with E-state index >= 15 is 0 Å². The topological polar surface area (TPSA) is 84.3 Å². The average Bonchev–Trinajstić information content (AvgIpc) is 2.85. The van der Waals surface area contributed by atoms with Crippen LogP contribution >= 0.6 is 0 Å². The Hall–Kier alpha value is -2.02. The van der Waals surface area contributed by atoms with Gasteiger partial charge in [-0.05, 0) is 25.5 Å². The van der Waals surface area contributed by atoms with Crippen LogP contribution in [0.3, 0.4) is 0 Å². The summed E-state index contributed by atoms with van der Waals surface area (Å²) in [4.78, 5) is 21.5. The molecular formula is C11H12FN3O3. The van der Waals surface area contributed by atoms with Crippen LogP contribution < -0.4 is 10.6 Å². The number of nitrogens with zero attached hydrogens (tertiary/aromatic N) is 1. The van der Waals surface area contributed by atoms with E-state index in [0.717, 1.165) is 25.1 Å². The fraction of sp³-hybridized carbons (Fsp3) is 0.364. The van der Waals surface area contributed by atoms with Gasteiger partial charge in [0.05, 0.1) is 22.7 Å². The number of carbonyl (C=O) groups excluding carboxylic acids is 1. The van der Waals surface area contributed by atoms with Gasteiger partial charge in [-0.2, -0.15) is 0 Å². The summed E-state index contributed by atoms with van der Waals surface area (Å²) in [6.07, 6.45) is 1.61. The second-order valence-electron chi connectivity index (χ2n) is 4.06. The van der Waals surface area contributed by atoms with Crippen molar-refractivity contribution >= 4 is 17.3 Å². The number of amides is 1. The molecule has 1 aliphatic rings. The highest BCUT2D eigenvalue weighted by molar-refractivity contribution is 5.95. The Labute approximate surface area is 102 Å². The number of hydrogen-bond acceptors (Lipinski definition) is 4. The van der Waals surface area contributed by atoms with E-state index in [1.165, 1.54) is 6.07 Å².